The van der Waals surface area contributed by atoms with E-state index in [2.05, 4.69) is 31.0 Å². The van der Waals surface area contributed by atoms with E-state index in [4.69, 9.17) is 4.42 Å². The first-order valence-corrected chi connectivity index (χ1v) is 6.48. The summed E-state index contributed by atoms with van der Waals surface area (Å²) in [5.74, 6) is 2.38. The molecule has 0 N–H and O–H groups in total. The van der Waals surface area contributed by atoms with E-state index in [1.54, 1.807) is 0 Å². The van der Waals surface area contributed by atoms with Gasteiger partial charge in [-0.3, -0.25) is 4.90 Å². The molecule has 0 bridgehead atoms. The van der Waals surface area contributed by atoms with Gasteiger partial charge in [-0.15, -0.1) is 10.2 Å². The van der Waals surface area contributed by atoms with Crippen molar-refractivity contribution in [1.29, 1.82) is 0 Å². The third kappa shape index (κ3) is 2.90. The van der Waals surface area contributed by atoms with Gasteiger partial charge in [0.25, 0.3) is 0 Å². The van der Waals surface area contributed by atoms with Crippen LogP contribution < -0.4 is 4.90 Å². The quantitative estimate of drug-likeness (QED) is 0.822. The smallest absolute Gasteiger partial charge is 0.230 e. The van der Waals surface area contributed by atoms with Gasteiger partial charge >= 0.3 is 0 Å². The molecule has 3 rings (SSSR count). The Balaban J connectivity index is 1.55. The van der Waals surface area contributed by atoms with Gasteiger partial charge in [0.05, 0.1) is 6.54 Å². The zero-order valence-corrected chi connectivity index (χ0v) is 11.0. The van der Waals surface area contributed by atoms with Crippen molar-refractivity contribution in [3.8, 4) is 0 Å². The van der Waals surface area contributed by atoms with Crippen molar-refractivity contribution in [2.75, 3.05) is 31.1 Å². The maximum atomic E-state index is 5.41. The van der Waals surface area contributed by atoms with Crippen molar-refractivity contribution < 1.29 is 4.42 Å². The van der Waals surface area contributed by atoms with Gasteiger partial charge in [0.1, 0.15) is 5.82 Å². The van der Waals surface area contributed by atoms with E-state index in [0.29, 0.717) is 11.8 Å². The maximum Gasteiger partial charge on any atom is 0.230 e. The first kappa shape index (κ1) is 12.1. The van der Waals surface area contributed by atoms with Gasteiger partial charge in [0.2, 0.25) is 11.8 Å². The van der Waals surface area contributed by atoms with Crippen LogP contribution in [0.3, 0.4) is 0 Å². The summed E-state index contributed by atoms with van der Waals surface area (Å²) >= 11 is 0. The topological polar surface area (TPSA) is 58.3 Å². The van der Waals surface area contributed by atoms with Gasteiger partial charge in [-0.25, -0.2) is 4.98 Å². The Labute approximate surface area is 112 Å². The summed E-state index contributed by atoms with van der Waals surface area (Å²) < 4.78 is 5.41. The second-order valence-corrected chi connectivity index (χ2v) is 4.67. The first-order chi connectivity index (χ1) is 9.31. The number of pyridine rings is 1. The molecule has 2 aromatic rings. The Morgan fingerprint density at radius 1 is 1.16 bits per heavy atom. The molecule has 100 valence electrons. The second-order valence-electron chi connectivity index (χ2n) is 4.67. The number of hydrogen-bond donors (Lipinski definition) is 0. The molecule has 1 saturated heterocycles. The summed E-state index contributed by atoms with van der Waals surface area (Å²) in [6.45, 7) is 6.47. The van der Waals surface area contributed by atoms with Crippen LogP contribution in [0.25, 0.3) is 0 Å². The SMILES string of the molecule is Cc1nnc(CN2CCN(c3ccccn3)CC2)o1. The lowest BCUT2D eigenvalue weighted by atomic mass is 10.3. The Hall–Kier alpha value is -1.95. The lowest BCUT2D eigenvalue weighted by Gasteiger charge is -2.34. The molecular formula is C13H17N5O. The highest BCUT2D eigenvalue weighted by Gasteiger charge is 2.19. The predicted molar refractivity (Wildman–Crippen MR) is 70.8 cm³/mol. The molecule has 1 aliphatic heterocycles. The third-order valence-electron chi connectivity index (χ3n) is 3.27. The molecule has 6 heteroatoms. The van der Waals surface area contributed by atoms with Crippen LogP contribution in [0.1, 0.15) is 11.8 Å². The zero-order chi connectivity index (χ0) is 13.1. The summed E-state index contributed by atoms with van der Waals surface area (Å²) in [6.07, 6.45) is 1.84. The van der Waals surface area contributed by atoms with E-state index in [9.17, 15) is 0 Å². The van der Waals surface area contributed by atoms with E-state index in [1.807, 2.05) is 25.3 Å². The fourth-order valence-corrected chi connectivity index (χ4v) is 2.27. The second kappa shape index (κ2) is 5.36. The normalized spacial score (nSPS) is 16.8. The summed E-state index contributed by atoms with van der Waals surface area (Å²) in [5, 5.41) is 7.88. The Kier molecular flexibility index (Phi) is 3.41. The minimum atomic E-state index is 0.627. The minimum Gasteiger partial charge on any atom is -0.424 e. The number of anilines is 1. The highest BCUT2D eigenvalue weighted by Crippen LogP contribution is 2.13. The molecule has 1 fully saturated rings. The zero-order valence-electron chi connectivity index (χ0n) is 11.0. The third-order valence-corrected chi connectivity index (χ3v) is 3.27. The molecule has 19 heavy (non-hydrogen) atoms. The Bertz CT molecular complexity index is 519. The van der Waals surface area contributed by atoms with E-state index >= 15 is 0 Å². The van der Waals surface area contributed by atoms with Crippen molar-refractivity contribution >= 4 is 5.82 Å². The van der Waals surface area contributed by atoms with E-state index in [0.717, 1.165) is 38.5 Å². The van der Waals surface area contributed by atoms with Crippen molar-refractivity contribution in [3.05, 3.63) is 36.2 Å². The van der Waals surface area contributed by atoms with E-state index in [1.165, 1.54) is 0 Å². The summed E-state index contributed by atoms with van der Waals surface area (Å²) in [6, 6.07) is 6.02. The van der Waals surface area contributed by atoms with Gasteiger partial charge in [-0.1, -0.05) is 6.07 Å². The lowest BCUT2D eigenvalue weighted by molar-refractivity contribution is 0.224. The molecule has 3 heterocycles. The molecule has 0 spiro atoms. The van der Waals surface area contributed by atoms with Crippen LogP contribution in [0.4, 0.5) is 5.82 Å². The molecule has 0 amide bonds. The van der Waals surface area contributed by atoms with Crippen molar-refractivity contribution in [3.63, 3.8) is 0 Å². The van der Waals surface area contributed by atoms with Crippen molar-refractivity contribution in [2.24, 2.45) is 0 Å². The van der Waals surface area contributed by atoms with Crippen LogP contribution in [-0.4, -0.2) is 46.3 Å². The van der Waals surface area contributed by atoms with Crippen LogP contribution in [0, 0.1) is 6.92 Å². The molecule has 0 radical (unpaired) electrons. The molecule has 0 atom stereocenters. The fourth-order valence-electron chi connectivity index (χ4n) is 2.27. The van der Waals surface area contributed by atoms with E-state index < -0.39 is 0 Å². The van der Waals surface area contributed by atoms with Crippen molar-refractivity contribution in [2.45, 2.75) is 13.5 Å². The molecule has 0 saturated carbocycles. The molecular weight excluding hydrogens is 242 g/mol. The largest absolute Gasteiger partial charge is 0.424 e. The van der Waals surface area contributed by atoms with Gasteiger partial charge in [-0.2, -0.15) is 0 Å². The number of hydrogen-bond acceptors (Lipinski definition) is 6. The van der Waals surface area contributed by atoms with Gasteiger partial charge < -0.3 is 9.32 Å². The highest BCUT2D eigenvalue weighted by atomic mass is 16.4. The minimum absolute atomic E-state index is 0.627. The molecule has 2 aromatic heterocycles. The van der Waals surface area contributed by atoms with Crippen LogP contribution in [0.5, 0.6) is 0 Å². The summed E-state index contributed by atoms with van der Waals surface area (Å²) in [5.41, 5.74) is 0. The van der Waals surface area contributed by atoms with Crippen LogP contribution in [-0.2, 0) is 6.54 Å². The monoisotopic (exact) mass is 259 g/mol. The standard InChI is InChI=1S/C13H17N5O/c1-11-15-16-13(19-11)10-17-6-8-18(9-7-17)12-4-2-3-5-14-12/h2-5H,6-10H2,1H3. The Morgan fingerprint density at radius 2 is 2.00 bits per heavy atom. The average Bonchev–Trinajstić information content (AvgIpc) is 2.86. The number of nitrogens with zero attached hydrogens (tertiary/aromatic N) is 5. The van der Waals surface area contributed by atoms with Gasteiger partial charge in [0.15, 0.2) is 0 Å². The van der Waals surface area contributed by atoms with Crippen LogP contribution >= 0.6 is 0 Å². The average molecular weight is 259 g/mol. The summed E-state index contributed by atoms with van der Waals surface area (Å²) in [4.78, 5) is 9.01. The van der Waals surface area contributed by atoms with Gasteiger partial charge in [0, 0.05) is 39.3 Å². The fraction of sp³-hybridized carbons (Fsp3) is 0.462. The number of aryl methyl sites for hydroxylation is 1. The Morgan fingerprint density at radius 3 is 2.63 bits per heavy atom. The molecule has 0 unspecified atom stereocenters. The number of piperazine rings is 1. The molecule has 6 nitrogen and oxygen atoms in total. The lowest BCUT2D eigenvalue weighted by Crippen LogP contribution is -2.46. The van der Waals surface area contributed by atoms with Crippen LogP contribution in [0.2, 0.25) is 0 Å². The first-order valence-electron chi connectivity index (χ1n) is 6.48. The molecule has 0 aromatic carbocycles. The maximum absolute atomic E-state index is 5.41. The number of rotatable bonds is 3. The highest BCUT2D eigenvalue weighted by molar-refractivity contribution is 5.38. The molecule has 1 aliphatic rings. The molecule has 0 aliphatic carbocycles. The van der Waals surface area contributed by atoms with Crippen molar-refractivity contribution in [1.82, 2.24) is 20.1 Å². The van der Waals surface area contributed by atoms with Gasteiger partial charge in [-0.05, 0) is 12.1 Å². The predicted octanol–water partition coefficient (Wildman–Crippen LogP) is 1.10. The van der Waals surface area contributed by atoms with E-state index in [-0.39, 0.29) is 0 Å². The van der Waals surface area contributed by atoms with Crippen LogP contribution in [0.15, 0.2) is 28.8 Å². The summed E-state index contributed by atoms with van der Waals surface area (Å²) in [7, 11) is 0. The number of aromatic nitrogens is 3.